The molecule has 10 heteroatoms. The summed E-state index contributed by atoms with van der Waals surface area (Å²) in [5.74, 6) is -0.188. The Bertz CT molecular complexity index is 688. The quantitative estimate of drug-likeness (QED) is 0.931. The second-order valence-corrected chi connectivity index (χ2v) is 4.88. The van der Waals surface area contributed by atoms with E-state index in [1.54, 1.807) is 12.1 Å². The fourth-order valence-corrected chi connectivity index (χ4v) is 2.22. The molecule has 0 aliphatic heterocycles. The maximum atomic E-state index is 12.4. The minimum Gasteiger partial charge on any atom is -0.493 e. The van der Waals surface area contributed by atoms with Gasteiger partial charge in [-0.25, -0.2) is 0 Å². The highest BCUT2D eigenvalue weighted by molar-refractivity contribution is 7.15. The van der Waals surface area contributed by atoms with Gasteiger partial charge in [-0.3, -0.25) is 10.1 Å². The largest absolute Gasteiger partial charge is 0.493 e. The van der Waals surface area contributed by atoms with Crippen molar-refractivity contribution in [2.75, 3.05) is 19.5 Å². The SMILES string of the molecule is COc1cccc(C(=O)Nc2nnc(C(F)(F)F)s2)c1OC. The van der Waals surface area contributed by atoms with Crippen LogP contribution in [-0.4, -0.2) is 30.3 Å². The minimum atomic E-state index is -4.60. The van der Waals surface area contributed by atoms with E-state index in [0.29, 0.717) is 5.75 Å². The summed E-state index contributed by atoms with van der Waals surface area (Å²) in [6, 6.07) is 4.59. The monoisotopic (exact) mass is 333 g/mol. The Balaban J connectivity index is 2.25. The summed E-state index contributed by atoms with van der Waals surface area (Å²) in [6.07, 6.45) is -4.60. The van der Waals surface area contributed by atoms with Crippen molar-refractivity contribution in [1.29, 1.82) is 0 Å². The third-order valence-electron chi connectivity index (χ3n) is 2.54. The van der Waals surface area contributed by atoms with Crippen molar-refractivity contribution in [2.45, 2.75) is 6.18 Å². The van der Waals surface area contributed by atoms with E-state index in [4.69, 9.17) is 9.47 Å². The van der Waals surface area contributed by atoms with Crippen LogP contribution in [-0.2, 0) is 6.18 Å². The number of anilines is 1. The summed E-state index contributed by atoms with van der Waals surface area (Å²) in [5, 5.41) is 7.12. The zero-order valence-electron chi connectivity index (χ0n) is 11.4. The van der Waals surface area contributed by atoms with E-state index < -0.39 is 17.1 Å². The highest BCUT2D eigenvalue weighted by Gasteiger charge is 2.36. The molecule has 0 unspecified atom stereocenters. The smallest absolute Gasteiger partial charge is 0.445 e. The van der Waals surface area contributed by atoms with Crippen LogP contribution >= 0.6 is 11.3 Å². The number of halogens is 3. The number of carbonyl (C=O) groups excluding carboxylic acids is 1. The average molecular weight is 333 g/mol. The highest BCUT2D eigenvalue weighted by Crippen LogP contribution is 2.34. The number of hydrogen-bond donors (Lipinski definition) is 1. The predicted molar refractivity (Wildman–Crippen MR) is 72.4 cm³/mol. The first-order chi connectivity index (χ1) is 10.4. The summed E-state index contributed by atoms with van der Waals surface area (Å²) in [5.41, 5.74) is 0.102. The molecule has 6 nitrogen and oxygen atoms in total. The number of ether oxygens (including phenoxy) is 2. The zero-order valence-corrected chi connectivity index (χ0v) is 12.2. The van der Waals surface area contributed by atoms with Crippen molar-refractivity contribution in [3.63, 3.8) is 0 Å². The average Bonchev–Trinajstić information content (AvgIpc) is 2.94. The van der Waals surface area contributed by atoms with Gasteiger partial charge in [0.15, 0.2) is 11.5 Å². The summed E-state index contributed by atoms with van der Waals surface area (Å²) >= 11 is 0.235. The number of para-hydroxylation sites is 1. The van der Waals surface area contributed by atoms with Gasteiger partial charge in [0.25, 0.3) is 5.91 Å². The van der Waals surface area contributed by atoms with Crippen molar-refractivity contribution in [3.8, 4) is 11.5 Å². The molecule has 0 atom stereocenters. The van der Waals surface area contributed by atoms with Crippen LogP contribution in [0.4, 0.5) is 18.3 Å². The molecule has 1 amide bonds. The first-order valence-electron chi connectivity index (χ1n) is 5.80. The number of alkyl halides is 3. The maximum absolute atomic E-state index is 12.4. The van der Waals surface area contributed by atoms with Crippen molar-refractivity contribution in [3.05, 3.63) is 28.8 Å². The number of hydrogen-bond acceptors (Lipinski definition) is 6. The Hall–Kier alpha value is -2.36. The standard InChI is InChI=1S/C12H10F3N3O3S/c1-20-7-5-3-4-6(8(7)21-2)9(19)16-11-18-17-10(22-11)12(13,14)15/h3-5H,1-2H3,(H,16,18,19). The van der Waals surface area contributed by atoms with Crippen LogP contribution in [0.3, 0.4) is 0 Å². The van der Waals surface area contributed by atoms with E-state index in [1.165, 1.54) is 20.3 Å². The van der Waals surface area contributed by atoms with Gasteiger partial charge in [-0.15, -0.1) is 10.2 Å². The Labute approximate surface area is 126 Å². The van der Waals surface area contributed by atoms with E-state index in [-0.39, 0.29) is 27.8 Å². The Morgan fingerprint density at radius 3 is 2.50 bits per heavy atom. The molecule has 0 saturated heterocycles. The van der Waals surface area contributed by atoms with Gasteiger partial charge in [0.2, 0.25) is 10.1 Å². The number of benzene rings is 1. The van der Waals surface area contributed by atoms with Crippen molar-refractivity contribution in [1.82, 2.24) is 10.2 Å². The van der Waals surface area contributed by atoms with E-state index in [0.717, 1.165) is 0 Å². The molecular formula is C12H10F3N3O3S. The van der Waals surface area contributed by atoms with E-state index in [9.17, 15) is 18.0 Å². The van der Waals surface area contributed by atoms with Crippen LogP contribution in [0.2, 0.25) is 0 Å². The molecule has 0 aliphatic carbocycles. The van der Waals surface area contributed by atoms with E-state index >= 15 is 0 Å². The molecule has 1 aromatic heterocycles. The van der Waals surface area contributed by atoms with Crippen LogP contribution in [0, 0.1) is 0 Å². The molecule has 2 aromatic rings. The second kappa shape index (κ2) is 6.18. The Kier molecular flexibility index (Phi) is 4.50. The van der Waals surface area contributed by atoms with Gasteiger partial charge in [-0.2, -0.15) is 13.2 Å². The number of rotatable bonds is 4. The normalized spacial score (nSPS) is 11.1. The van der Waals surface area contributed by atoms with E-state index in [2.05, 4.69) is 15.5 Å². The van der Waals surface area contributed by atoms with Gasteiger partial charge < -0.3 is 9.47 Å². The van der Waals surface area contributed by atoms with E-state index in [1.807, 2.05) is 0 Å². The molecular weight excluding hydrogens is 323 g/mol. The summed E-state index contributed by atoms with van der Waals surface area (Å²) in [7, 11) is 2.75. The third kappa shape index (κ3) is 3.27. The summed E-state index contributed by atoms with van der Waals surface area (Å²) in [6.45, 7) is 0. The molecule has 118 valence electrons. The van der Waals surface area contributed by atoms with Crippen LogP contribution in [0.5, 0.6) is 11.5 Å². The Morgan fingerprint density at radius 1 is 1.23 bits per heavy atom. The fraction of sp³-hybridized carbons (Fsp3) is 0.250. The second-order valence-electron chi connectivity index (χ2n) is 3.91. The lowest BCUT2D eigenvalue weighted by Crippen LogP contribution is -2.13. The lowest BCUT2D eigenvalue weighted by atomic mass is 10.1. The minimum absolute atomic E-state index is 0.102. The lowest BCUT2D eigenvalue weighted by molar-refractivity contribution is -0.138. The van der Waals surface area contributed by atoms with Crippen LogP contribution in [0.15, 0.2) is 18.2 Å². The number of methoxy groups -OCH3 is 2. The van der Waals surface area contributed by atoms with Crippen molar-refractivity contribution >= 4 is 22.4 Å². The molecule has 0 radical (unpaired) electrons. The first kappa shape index (κ1) is 16.0. The van der Waals surface area contributed by atoms with Crippen LogP contribution in [0.1, 0.15) is 15.4 Å². The zero-order chi connectivity index (χ0) is 16.3. The number of aromatic nitrogens is 2. The molecule has 0 aliphatic rings. The number of amides is 1. The van der Waals surface area contributed by atoms with Crippen molar-refractivity contribution in [2.24, 2.45) is 0 Å². The summed E-state index contributed by atoms with van der Waals surface area (Å²) < 4.78 is 47.4. The highest BCUT2D eigenvalue weighted by atomic mass is 32.1. The maximum Gasteiger partial charge on any atom is 0.445 e. The van der Waals surface area contributed by atoms with Gasteiger partial charge >= 0.3 is 6.18 Å². The lowest BCUT2D eigenvalue weighted by Gasteiger charge is -2.11. The molecule has 1 aromatic carbocycles. The molecule has 2 rings (SSSR count). The van der Waals surface area contributed by atoms with Gasteiger partial charge in [-0.05, 0) is 12.1 Å². The van der Waals surface area contributed by atoms with Gasteiger partial charge in [0.05, 0.1) is 19.8 Å². The molecule has 0 saturated carbocycles. The number of carbonyl (C=O) groups is 1. The van der Waals surface area contributed by atoms with Gasteiger partial charge in [-0.1, -0.05) is 17.4 Å². The van der Waals surface area contributed by atoms with Crippen molar-refractivity contribution < 1.29 is 27.4 Å². The molecule has 0 fully saturated rings. The Morgan fingerprint density at radius 2 is 1.95 bits per heavy atom. The van der Waals surface area contributed by atoms with Gasteiger partial charge in [0.1, 0.15) is 0 Å². The summed E-state index contributed by atoms with van der Waals surface area (Å²) in [4.78, 5) is 12.1. The third-order valence-corrected chi connectivity index (χ3v) is 3.42. The molecule has 0 spiro atoms. The fourth-order valence-electron chi connectivity index (χ4n) is 1.62. The van der Waals surface area contributed by atoms with Crippen LogP contribution in [0.25, 0.3) is 0 Å². The molecule has 1 heterocycles. The topological polar surface area (TPSA) is 73.3 Å². The number of nitrogens with one attached hydrogen (secondary N) is 1. The molecule has 22 heavy (non-hydrogen) atoms. The molecule has 1 N–H and O–H groups in total. The first-order valence-corrected chi connectivity index (χ1v) is 6.61. The van der Waals surface area contributed by atoms with Gasteiger partial charge in [0, 0.05) is 0 Å². The predicted octanol–water partition coefficient (Wildman–Crippen LogP) is 2.83. The number of nitrogens with zero attached hydrogens (tertiary/aromatic N) is 2. The molecule has 0 bridgehead atoms. The van der Waals surface area contributed by atoms with Crippen LogP contribution < -0.4 is 14.8 Å².